The Labute approximate surface area is 92.4 Å². The Kier molecular flexibility index (Phi) is 4.18. The van der Waals surface area contributed by atoms with Gasteiger partial charge in [0.2, 0.25) is 0 Å². The van der Waals surface area contributed by atoms with Crippen LogP contribution in [-0.2, 0) is 6.42 Å². The standard InChI is InChI=1S/C13H22S/c1-6-7-12-13(10(4)5)11(8-14-12)9(2)3/h8-10H,6-7H2,1-5H3. The quantitative estimate of drug-likeness (QED) is 0.660. The summed E-state index contributed by atoms with van der Waals surface area (Å²) in [5, 5.41) is 2.37. The molecule has 1 rings (SSSR count). The SMILES string of the molecule is CCCc1scc(C(C)C)c1C(C)C. The van der Waals surface area contributed by atoms with Crippen molar-refractivity contribution in [2.45, 2.75) is 59.3 Å². The Morgan fingerprint density at radius 3 is 2.21 bits per heavy atom. The average molecular weight is 210 g/mol. The van der Waals surface area contributed by atoms with E-state index in [0.717, 1.165) is 0 Å². The van der Waals surface area contributed by atoms with Gasteiger partial charge in [-0.2, -0.15) is 0 Å². The van der Waals surface area contributed by atoms with Crippen LogP contribution >= 0.6 is 11.3 Å². The van der Waals surface area contributed by atoms with Gasteiger partial charge < -0.3 is 0 Å². The highest BCUT2D eigenvalue weighted by atomic mass is 32.1. The largest absolute Gasteiger partial charge is 0.148 e. The second-order valence-corrected chi connectivity index (χ2v) is 5.55. The summed E-state index contributed by atoms with van der Waals surface area (Å²) in [6.07, 6.45) is 2.52. The fraction of sp³-hybridized carbons (Fsp3) is 0.692. The van der Waals surface area contributed by atoms with E-state index < -0.39 is 0 Å². The minimum Gasteiger partial charge on any atom is -0.148 e. The molecule has 80 valence electrons. The topological polar surface area (TPSA) is 0 Å². The lowest BCUT2D eigenvalue weighted by Gasteiger charge is -2.13. The van der Waals surface area contributed by atoms with Gasteiger partial charge in [0, 0.05) is 4.88 Å². The predicted octanol–water partition coefficient (Wildman–Crippen LogP) is 4.95. The van der Waals surface area contributed by atoms with Crippen molar-refractivity contribution in [2.75, 3.05) is 0 Å². The van der Waals surface area contributed by atoms with Gasteiger partial charge in [-0.05, 0) is 34.8 Å². The third-order valence-corrected chi connectivity index (χ3v) is 3.70. The third kappa shape index (κ3) is 2.38. The minimum atomic E-state index is 0.675. The number of aryl methyl sites for hydroxylation is 1. The lowest BCUT2D eigenvalue weighted by molar-refractivity contribution is 0.780. The summed E-state index contributed by atoms with van der Waals surface area (Å²) in [5.41, 5.74) is 3.21. The molecule has 0 saturated carbocycles. The number of thiophene rings is 1. The maximum atomic E-state index is 2.37. The van der Waals surface area contributed by atoms with Gasteiger partial charge >= 0.3 is 0 Å². The summed E-state index contributed by atoms with van der Waals surface area (Å²) < 4.78 is 0. The highest BCUT2D eigenvalue weighted by molar-refractivity contribution is 7.10. The van der Waals surface area contributed by atoms with Crippen molar-refractivity contribution in [1.29, 1.82) is 0 Å². The van der Waals surface area contributed by atoms with Gasteiger partial charge in [-0.15, -0.1) is 11.3 Å². The van der Waals surface area contributed by atoms with E-state index in [1.165, 1.54) is 12.8 Å². The van der Waals surface area contributed by atoms with Crippen molar-refractivity contribution in [3.8, 4) is 0 Å². The van der Waals surface area contributed by atoms with Crippen LogP contribution < -0.4 is 0 Å². The van der Waals surface area contributed by atoms with Crippen molar-refractivity contribution in [1.82, 2.24) is 0 Å². The summed E-state index contributed by atoms with van der Waals surface area (Å²) in [6.45, 7) is 11.5. The first-order valence-corrected chi connectivity index (χ1v) is 6.56. The molecule has 0 spiro atoms. The highest BCUT2D eigenvalue weighted by Crippen LogP contribution is 2.34. The molecule has 0 atom stereocenters. The van der Waals surface area contributed by atoms with E-state index in [0.29, 0.717) is 11.8 Å². The molecule has 1 heteroatoms. The Morgan fingerprint density at radius 2 is 1.79 bits per heavy atom. The lowest BCUT2D eigenvalue weighted by atomic mass is 9.92. The van der Waals surface area contributed by atoms with Gasteiger partial charge in [0.15, 0.2) is 0 Å². The number of hydrogen-bond acceptors (Lipinski definition) is 1. The molecule has 0 unspecified atom stereocenters. The Balaban J connectivity index is 3.07. The molecule has 0 aliphatic carbocycles. The molecular formula is C13H22S. The second-order valence-electron chi connectivity index (χ2n) is 4.59. The molecule has 0 nitrogen and oxygen atoms in total. The van der Waals surface area contributed by atoms with Crippen molar-refractivity contribution >= 4 is 11.3 Å². The first-order valence-electron chi connectivity index (χ1n) is 5.68. The molecule has 0 aromatic carbocycles. The Morgan fingerprint density at radius 1 is 1.14 bits per heavy atom. The molecule has 1 heterocycles. The van der Waals surface area contributed by atoms with Crippen molar-refractivity contribution in [2.24, 2.45) is 0 Å². The Hall–Kier alpha value is -0.300. The summed E-state index contributed by atoms with van der Waals surface area (Å²) in [6, 6.07) is 0. The van der Waals surface area contributed by atoms with Crippen molar-refractivity contribution < 1.29 is 0 Å². The molecule has 14 heavy (non-hydrogen) atoms. The summed E-state index contributed by atoms with van der Waals surface area (Å²) in [7, 11) is 0. The normalized spacial score (nSPS) is 11.6. The summed E-state index contributed by atoms with van der Waals surface area (Å²) in [4.78, 5) is 1.62. The van der Waals surface area contributed by atoms with E-state index in [1.54, 1.807) is 16.0 Å². The Bertz CT molecular complexity index is 281. The zero-order chi connectivity index (χ0) is 10.7. The van der Waals surface area contributed by atoms with Crippen molar-refractivity contribution in [3.63, 3.8) is 0 Å². The maximum Gasteiger partial charge on any atom is 0.00826 e. The van der Waals surface area contributed by atoms with Gasteiger partial charge in [0.25, 0.3) is 0 Å². The molecule has 0 saturated heterocycles. The van der Waals surface area contributed by atoms with Gasteiger partial charge in [-0.25, -0.2) is 0 Å². The van der Waals surface area contributed by atoms with E-state index in [4.69, 9.17) is 0 Å². The zero-order valence-electron chi connectivity index (χ0n) is 10.1. The second kappa shape index (κ2) is 4.97. The molecule has 0 fully saturated rings. The first kappa shape index (κ1) is 11.8. The van der Waals surface area contributed by atoms with Crippen molar-refractivity contribution in [3.05, 3.63) is 21.4 Å². The van der Waals surface area contributed by atoms with E-state index >= 15 is 0 Å². The highest BCUT2D eigenvalue weighted by Gasteiger charge is 2.15. The predicted molar refractivity (Wildman–Crippen MR) is 66.5 cm³/mol. The molecule has 0 N–H and O–H groups in total. The third-order valence-electron chi connectivity index (χ3n) is 2.62. The molecule has 0 amide bonds. The number of hydrogen-bond donors (Lipinski definition) is 0. The van der Waals surface area contributed by atoms with Gasteiger partial charge in [0.05, 0.1) is 0 Å². The molecule has 0 radical (unpaired) electrons. The van der Waals surface area contributed by atoms with Crippen LogP contribution in [0.15, 0.2) is 5.38 Å². The van der Waals surface area contributed by atoms with E-state index in [-0.39, 0.29) is 0 Å². The lowest BCUT2D eigenvalue weighted by Crippen LogP contribution is -1.97. The molecule has 0 bridgehead atoms. The van der Waals surface area contributed by atoms with Crippen LogP contribution in [0.1, 0.15) is 68.9 Å². The van der Waals surface area contributed by atoms with Gasteiger partial charge in [-0.1, -0.05) is 41.0 Å². The van der Waals surface area contributed by atoms with Crippen LogP contribution in [0.25, 0.3) is 0 Å². The van der Waals surface area contributed by atoms with Crippen LogP contribution in [0.4, 0.5) is 0 Å². The summed E-state index contributed by atoms with van der Waals surface area (Å²) >= 11 is 1.96. The van der Waals surface area contributed by atoms with Crippen LogP contribution in [-0.4, -0.2) is 0 Å². The molecule has 0 aliphatic rings. The summed E-state index contributed by atoms with van der Waals surface area (Å²) in [5.74, 6) is 1.36. The fourth-order valence-electron chi connectivity index (χ4n) is 1.95. The molecule has 1 aromatic rings. The van der Waals surface area contributed by atoms with Gasteiger partial charge in [0.1, 0.15) is 0 Å². The molecular weight excluding hydrogens is 188 g/mol. The average Bonchev–Trinajstić information content (AvgIpc) is 2.48. The van der Waals surface area contributed by atoms with Crippen LogP contribution in [0, 0.1) is 0 Å². The molecule has 0 aliphatic heterocycles. The van der Waals surface area contributed by atoms with E-state index in [9.17, 15) is 0 Å². The minimum absolute atomic E-state index is 0.675. The van der Waals surface area contributed by atoms with Crippen LogP contribution in [0.2, 0.25) is 0 Å². The zero-order valence-corrected chi connectivity index (χ0v) is 10.9. The monoisotopic (exact) mass is 210 g/mol. The smallest absolute Gasteiger partial charge is 0.00826 e. The molecule has 1 aromatic heterocycles. The fourth-order valence-corrected chi connectivity index (χ4v) is 3.42. The first-order chi connectivity index (χ1) is 6.57. The van der Waals surface area contributed by atoms with Crippen LogP contribution in [0.3, 0.4) is 0 Å². The number of rotatable bonds is 4. The van der Waals surface area contributed by atoms with E-state index in [2.05, 4.69) is 40.0 Å². The van der Waals surface area contributed by atoms with Gasteiger partial charge in [-0.3, -0.25) is 0 Å². The van der Waals surface area contributed by atoms with Crippen LogP contribution in [0.5, 0.6) is 0 Å². The maximum absolute atomic E-state index is 2.37. The van der Waals surface area contributed by atoms with E-state index in [1.807, 2.05) is 11.3 Å².